The number of amidine groups is 1. The van der Waals surface area contributed by atoms with Crippen molar-refractivity contribution in [3.8, 4) is 0 Å². The third kappa shape index (κ3) is 5.20. The Bertz CT molecular complexity index is 2340. The molecule has 6 aromatic carbocycles. The molecule has 0 amide bonds. The van der Waals surface area contributed by atoms with E-state index in [1.165, 1.54) is 54.9 Å². The van der Waals surface area contributed by atoms with Crippen LogP contribution in [-0.2, 0) is 6.42 Å². The number of nitrogens with one attached hydrogen (secondary N) is 1. The standard InChI is InChI=1S/C46H36N2/c1-4-16-38-31(10-1)13-7-19-40(38)34-22-26-36(27-23-34)44-30-45(48-46(47-44)43-21-9-15-33-12-3-6-18-42(33)43)37-28-24-35(25-29-37)41-20-8-14-32-11-2-5-17-39(32)41/h1-7,9-13,15-22,24-30,34,44H,8,14,23H2,(H,47,48). The van der Waals surface area contributed by atoms with Crippen molar-refractivity contribution in [1.29, 1.82) is 0 Å². The first kappa shape index (κ1) is 28.5. The van der Waals surface area contributed by atoms with Crippen molar-refractivity contribution in [2.75, 3.05) is 0 Å². The van der Waals surface area contributed by atoms with E-state index in [4.69, 9.17) is 4.99 Å². The van der Waals surface area contributed by atoms with Gasteiger partial charge in [0.15, 0.2) is 0 Å². The average molecular weight is 617 g/mol. The van der Waals surface area contributed by atoms with Gasteiger partial charge in [0.1, 0.15) is 5.84 Å². The molecule has 1 aliphatic heterocycles. The molecule has 0 aromatic heterocycles. The molecule has 9 rings (SSSR count). The fourth-order valence-corrected chi connectivity index (χ4v) is 7.70. The second-order valence-corrected chi connectivity index (χ2v) is 13.0. The molecule has 48 heavy (non-hydrogen) atoms. The van der Waals surface area contributed by atoms with E-state index in [0.717, 1.165) is 41.9 Å². The summed E-state index contributed by atoms with van der Waals surface area (Å²) in [5, 5.41) is 8.89. The van der Waals surface area contributed by atoms with Crippen LogP contribution in [0.25, 0.3) is 32.8 Å². The van der Waals surface area contributed by atoms with Crippen molar-refractivity contribution in [2.45, 2.75) is 31.2 Å². The lowest BCUT2D eigenvalue weighted by atomic mass is 9.85. The Balaban J connectivity index is 1.07. The second kappa shape index (κ2) is 12.1. The first-order valence-electron chi connectivity index (χ1n) is 17.1. The van der Waals surface area contributed by atoms with E-state index in [2.05, 4.69) is 169 Å². The van der Waals surface area contributed by atoms with Gasteiger partial charge in [-0.15, -0.1) is 0 Å². The van der Waals surface area contributed by atoms with Crippen molar-refractivity contribution in [1.82, 2.24) is 5.32 Å². The summed E-state index contributed by atoms with van der Waals surface area (Å²) in [5.41, 5.74) is 11.3. The van der Waals surface area contributed by atoms with Gasteiger partial charge in [-0.1, -0.05) is 158 Å². The lowest BCUT2D eigenvalue weighted by Crippen LogP contribution is -2.38. The SMILES string of the molecule is C1=CC(c2cccc3ccccc23)CC=C1C1C=C(c2ccc(C3=CCCc4ccccc43)cc2)N=C(c2cccc3ccccc23)N1. The molecule has 3 aliphatic rings. The van der Waals surface area contributed by atoms with Gasteiger partial charge in [-0.3, -0.25) is 0 Å². The van der Waals surface area contributed by atoms with Crippen molar-refractivity contribution >= 4 is 38.7 Å². The number of rotatable bonds is 5. The maximum atomic E-state index is 5.29. The normalized spacial score (nSPS) is 18.8. The Hall–Kier alpha value is -5.73. The lowest BCUT2D eigenvalue weighted by molar-refractivity contribution is 0.790. The van der Waals surface area contributed by atoms with Crippen molar-refractivity contribution < 1.29 is 0 Å². The number of aryl methyl sites for hydroxylation is 1. The Morgan fingerprint density at radius 3 is 2.12 bits per heavy atom. The summed E-state index contributed by atoms with van der Waals surface area (Å²) in [5.74, 6) is 1.26. The zero-order valence-electron chi connectivity index (χ0n) is 26.8. The quantitative estimate of drug-likeness (QED) is 0.205. The molecule has 2 heteroatoms. The van der Waals surface area contributed by atoms with Gasteiger partial charge in [-0.2, -0.15) is 0 Å². The summed E-state index contributed by atoms with van der Waals surface area (Å²) in [4.78, 5) is 5.29. The fraction of sp³-hybridized carbons (Fsp3) is 0.109. The molecule has 0 saturated carbocycles. The lowest BCUT2D eigenvalue weighted by Gasteiger charge is -2.28. The molecule has 2 unspecified atom stereocenters. The number of allylic oxidation sites excluding steroid dienone is 3. The number of hydrogen-bond donors (Lipinski definition) is 1. The summed E-state index contributed by atoms with van der Waals surface area (Å²) in [7, 11) is 0. The molecule has 1 N–H and O–H groups in total. The molecule has 0 fully saturated rings. The van der Waals surface area contributed by atoms with E-state index in [1.807, 2.05) is 0 Å². The Morgan fingerprint density at radius 1 is 0.604 bits per heavy atom. The molecule has 6 aromatic rings. The Labute approximate surface area is 282 Å². The summed E-state index contributed by atoms with van der Waals surface area (Å²) < 4.78 is 0. The molecule has 0 radical (unpaired) electrons. The highest BCUT2D eigenvalue weighted by Crippen LogP contribution is 2.36. The molecule has 1 heterocycles. The van der Waals surface area contributed by atoms with Crippen molar-refractivity contribution in [2.24, 2.45) is 4.99 Å². The molecule has 2 nitrogen and oxygen atoms in total. The van der Waals surface area contributed by atoms with Gasteiger partial charge in [-0.05, 0) is 85.8 Å². The van der Waals surface area contributed by atoms with E-state index in [0.29, 0.717) is 5.92 Å². The maximum absolute atomic E-state index is 5.29. The smallest absolute Gasteiger partial charge is 0.135 e. The van der Waals surface area contributed by atoms with Crippen LogP contribution >= 0.6 is 0 Å². The number of hydrogen-bond acceptors (Lipinski definition) is 2. The average Bonchev–Trinajstić information content (AvgIpc) is 3.17. The van der Waals surface area contributed by atoms with Crippen LogP contribution in [0.15, 0.2) is 174 Å². The van der Waals surface area contributed by atoms with Crippen molar-refractivity contribution in [3.63, 3.8) is 0 Å². The molecule has 2 aliphatic carbocycles. The molecule has 2 atom stereocenters. The number of fused-ring (bicyclic) bond motifs is 3. The number of benzene rings is 6. The van der Waals surface area contributed by atoms with E-state index in [1.54, 1.807) is 0 Å². The molecular weight excluding hydrogens is 581 g/mol. The maximum Gasteiger partial charge on any atom is 0.135 e. The largest absolute Gasteiger partial charge is 0.359 e. The molecule has 0 saturated heterocycles. The van der Waals surface area contributed by atoms with Gasteiger partial charge in [0.05, 0.1) is 11.7 Å². The number of aliphatic imine (C=N–C) groups is 1. The third-order valence-electron chi connectivity index (χ3n) is 10.2. The molecule has 0 bridgehead atoms. The predicted octanol–water partition coefficient (Wildman–Crippen LogP) is 10.8. The molecular formula is C46H36N2. The van der Waals surface area contributed by atoms with Gasteiger partial charge in [0, 0.05) is 11.5 Å². The highest BCUT2D eigenvalue weighted by Gasteiger charge is 2.24. The minimum absolute atomic E-state index is 0.00351. The third-order valence-corrected chi connectivity index (χ3v) is 10.2. The highest BCUT2D eigenvalue weighted by atomic mass is 15.0. The number of nitrogens with zero attached hydrogens (tertiary/aromatic N) is 1. The fourth-order valence-electron chi connectivity index (χ4n) is 7.70. The summed E-state index contributed by atoms with van der Waals surface area (Å²) in [6.07, 6.45) is 15.0. The van der Waals surface area contributed by atoms with Gasteiger partial charge in [-0.25, -0.2) is 4.99 Å². The zero-order chi connectivity index (χ0) is 31.9. The van der Waals surface area contributed by atoms with Crippen LogP contribution < -0.4 is 5.32 Å². The van der Waals surface area contributed by atoms with Gasteiger partial charge in [0.2, 0.25) is 0 Å². The Morgan fingerprint density at radius 2 is 1.29 bits per heavy atom. The van der Waals surface area contributed by atoms with E-state index in [-0.39, 0.29) is 6.04 Å². The van der Waals surface area contributed by atoms with E-state index >= 15 is 0 Å². The predicted molar refractivity (Wildman–Crippen MR) is 202 cm³/mol. The summed E-state index contributed by atoms with van der Waals surface area (Å²) in [6.45, 7) is 0. The van der Waals surface area contributed by atoms with Crippen LogP contribution in [-0.4, -0.2) is 11.9 Å². The summed E-state index contributed by atoms with van der Waals surface area (Å²) >= 11 is 0. The van der Waals surface area contributed by atoms with Gasteiger partial charge in [0.25, 0.3) is 0 Å². The van der Waals surface area contributed by atoms with Crippen molar-refractivity contribution in [3.05, 3.63) is 203 Å². The van der Waals surface area contributed by atoms with Crippen LogP contribution in [0.4, 0.5) is 0 Å². The second-order valence-electron chi connectivity index (χ2n) is 13.0. The van der Waals surface area contributed by atoms with E-state index in [9.17, 15) is 0 Å². The monoisotopic (exact) mass is 616 g/mol. The van der Waals surface area contributed by atoms with Gasteiger partial charge >= 0.3 is 0 Å². The van der Waals surface area contributed by atoms with Crippen LogP contribution in [0.1, 0.15) is 52.1 Å². The Kier molecular flexibility index (Phi) is 7.20. The minimum atomic E-state index is 0.00351. The van der Waals surface area contributed by atoms with E-state index < -0.39 is 0 Å². The first-order chi connectivity index (χ1) is 23.8. The zero-order valence-corrected chi connectivity index (χ0v) is 26.8. The van der Waals surface area contributed by atoms with Crippen LogP contribution in [0.5, 0.6) is 0 Å². The molecule has 0 spiro atoms. The highest BCUT2D eigenvalue weighted by molar-refractivity contribution is 6.12. The molecule has 230 valence electrons. The topological polar surface area (TPSA) is 24.4 Å². The summed E-state index contributed by atoms with van der Waals surface area (Å²) in [6, 6.07) is 48.3. The van der Waals surface area contributed by atoms with Crippen LogP contribution in [0.3, 0.4) is 0 Å². The van der Waals surface area contributed by atoms with Gasteiger partial charge < -0.3 is 5.32 Å². The first-order valence-corrected chi connectivity index (χ1v) is 17.1. The minimum Gasteiger partial charge on any atom is -0.359 e. The van der Waals surface area contributed by atoms with Crippen LogP contribution in [0, 0.1) is 0 Å². The van der Waals surface area contributed by atoms with Crippen LogP contribution in [0.2, 0.25) is 0 Å².